The number of hydrogen-bond acceptors (Lipinski definition) is 3. The van der Waals surface area contributed by atoms with Gasteiger partial charge in [-0.05, 0) is 36.3 Å². The zero-order valence-corrected chi connectivity index (χ0v) is 19.1. The molecule has 0 aliphatic heterocycles. The topological polar surface area (TPSA) is 38.7 Å². The highest BCUT2D eigenvalue weighted by Crippen LogP contribution is 2.43. The molecule has 0 bridgehead atoms. The molecule has 0 saturated carbocycles. The van der Waals surface area contributed by atoms with E-state index in [1.165, 1.54) is 44.9 Å². The lowest BCUT2D eigenvalue weighted by Crippen LogP contribution is -2.09. The average Bonchev–Trinajstić information content (AvgIpc) is 2.72. The maximum absolute atomic E-state index is 10.6. The number of benzene rings is 1. The van der Waals surface area contributed by atoms with Gasteiger partial charge in [-0.1, -0.05) is 79.1 Å². The number of methoxy groups -OCH3 is 2. The Labute approximate surface area is 173 Å². The van der Waals surface area contributed by atoms with Crippen LogP contribution in [0.1, 0.15) is 96.6 Å². The maximum Gasteiger partial charge on any atom is 0.201 e. The first-order valence-electron chi connectivity index (χ1n) is 11.3. The van der Waals surface area contributed by atoms with E-state index in [9.17, 15) is 5.11 Å². The van der Waals surface area contributed by atoms with Gasteiger partial charge < -0.3 is 14.6 Å². The van der Waals surface area contributed by atoms with Crippen molar-refractivity contribution < 1.29 is 14.6 Å². The Bertz CT molecular complexity index is 553. The zero-order chi connectivity index (χ0) is 20.9. The van der Waals surface area contributed by atoms with Gasteiger partial charge in [-0.3, -0.25) is 0 Å². The molecule has 0 fully saturated rings. The van der Waals surface area contributed by atoms with Crippen LogP contribution in [0, 0.1) is 18.3 Å². The molecule has 0 aliphatic carbocycles. The van der Waals surface area contributed by atoms with Gasteiger partial charge in [0.05, 0.1) is 14.2 Å². The predicted octanol–water partition coefficient (Wildman–Crippen LogP) is 7.20. The number of phenolic OH excluding ortho intramolecular Hbond substituents is 1. The summed E-state index contributed by atoms with van der Waals surface area (Å²) in [6, 6.07) is 1.94. The van der Waals surface area contributed by atoms with Crippen LogP contribution in [-0.2, 0) is 6.42 Å². The molecule has 1 aromatic carbocycles. The summed E-state index contributed by atoms with van der Waals surface area (Å²) >= 11 is 0. The van der Waals surface area contributed by atoms with Crippen LogP contribution in [0.4, 0.5) is 0 Å². The lowest BCUT2D eigenvalue weighted by atomic mass is 9.86. The molecule has 28 heavy (non-hydrogen) atoms. The van der Waals surface area contributed by atoms with Crippen LogP contribution in [0.5, 0.6) is 17.2 Å². The molecule has 2 atom stereocenters. The predicted molar refractivity (Wildman–Crippen MR) is 118 cm³/mol. The molecule has 3 nitrogen and oxygen atoms in total. The molecule has 2 unspecified atom stereocenters. The molecule has 1 rings (SSSR count). The standard InChI is InChI=1S/C25H42O3/c1-7-11-13-19(9-3)15-16-21-18-23(27-5)24(26)25(28-6)22(21)17-20(10-4)14-12-8-2/h18-20,26H,7-15,17H2,1-6H3. The number of phenols is 1. The first-order valence-corrected chi connectivity index (χ1v) is 11.3. The molecule has 0 heterocycles. The minimum Gasteiger partial charge on any atom is -0.502 e. The van der Waals surface area contributed by atoms with Crippen molar-refractivity contribution in [2.75, 3.05) is 14.2 Å². The normalized spacial score (nSPS) is 13.4. The second-order valence-corrected chi connectivity index (χ2v) is 7.90. The van der Waals surface area contributed by atoms with Crippen molar-refractivity contribution in [1.82, 2.24) is 0 Å². The summed E-state index contributed by atoms with van der Waals surface area (Å²) in [4.78, 5) is 0. The number of rotatable bonds is 15. The highest BCUT2D eigenvalue weighted by atomic mass is 16.5. The van der Waals surface area contributed by atoms with E-state index in [1.54, 1.807) is 14.2 Å². The summed E-state index contributed by atoms with van der Waals surface area (Å²) in [7, 11) is 3.22. The van der Waals surface area contributed by atoms with E-state index in [-0.39, 0.29) is 5.75 Å². The smallest absolute Gasteiger partial charge is 0.201 e. The van der Waals surface area contributed by atoms with Crippen LogP contribution in [0.2, 0.25) is 0 Å². The van der Waals surface area contributed by atoms with Crippen LogP contribution in [0.15, 0.2) is 6.07 Å². The highest BCUT2D eigenvalue weighted by molar-refractivity contribution is 5.60. The summed E-state index contributed by atoms with van der Waals surface area (Å²) in [5.74, 6) is 2.36. The lowest BCUT2D eigenvalue weighted by molar-refractivity contribution is 0.333. The summed E-state index contributed by atoms with van der Waals surface area (Å²) in [5, 5.41) is 10.6. The number of aromatic hydroxyl groups is 1. The zero-order valence-electron chi connectivity index (χ0n) is 19.1. The van der Waals surface area contributed by atoms with Gasteiger partial charge in [0.25, 0.3) is 0 Å². The Morgan fingerprint density at radius 1 is 0.929 bits per heavy atom. The van der Waals surface area contributed by atoms with Crippen LogP contribution < -0.4 is 9.47 Å². The SMILES string of the molecule is CCCCC(CC)C[C]c1cc(OC)c(O)c(OC)c1CC(CC)CCCC. The summed E-state index contributed by atoms with van der Waals surface area (Å²) in [5.41, 5.74) is 2.12. The molecular formula is C25H42O3. The molecule has 160 valence electrons. The van der Waals surface area contributed by atoms with Crippen molar-refractivity contribution >= 4 is 0 Å². The Morgan fingerprint density at radius 2 is 1.54 bits per heavy atom. The molecule has 0 saturated heterocycles. The van der Waals surface area contributed by atoms with Crippen molar-refractivity contribution in [3.8, 4) is 17.2 Å². The second kappa shape index (κ2) is 13.7. The Hall–Kier alpha value is -1.38. The van der Waals surface area contributed by atoms with Gasteiger partial charge in [0.2, 0.25) is 5.75 Å². The summed E-state index contributed by atoms with van der Waals surface area (Å²) in [6.45, 7) is 9.00. The fourth-order valence-electron chi connectivity index (χ4n) is 3.83. The molecule has 1 N–H and O–H groups in total. The van der Waals surface area contributed by atoms with Gasteiger partial charge in [0, 0.05) is 12.0 Å². The van der Waals surface area contributed by atoms with Crippen molar-refractivity contribution in [3.05, 3.63) is 23.6 Å². The van der Waals surface area contributed by atoms with Gasteiger partial charge in [-0.15, -0.1) is 0 Å². The fraction of sp³-hybridized carbons (Fsp3) is 0.720. The number of hydrogen-bond donors (Lipinski definition) is 1. The van der Waals surface area contributed by atoms with E-state index in [2.05, 4.69) is 34.1 Å². The molecule has 0 spiro atoms. The van der Waals surface area contributed by atoms with E-state index < -0.39 is 0 Å². The molecule has 0 aliphatic rings. The monoisotopic (exact) mass is 390 g/mol. The third kappa shape index (κ3) is 7.22. The van der Waals surface area contributed by atoms with Gasteiger partial charge in [-0.25, -0.2) is 0 Å². The largest absolute Gasteiger partial charge is 0.502 e. The molecule has 2 radical (unpaired) electrons. The van der Waals surface area contributed by atoms with E-state index in [4.69, 9.17) is 9.47 Å². The lowest BCUT2D eigenvalue weighted by Gasteiger charge is -2.22. The molecule has 1 aromatic rings. The number of ether oxygens (including phenoxy) is 2. The summed E-state index contributed by atoms with van der Waals surface area (Å²) < 4.78 is 11.0. The molecular weight excluding hydrogens is 348 g/mol. The van der Waals surface area contributed by atoms with Crippen molar-refractivity contribution in [2.45, 2.75) is 91.9 Å². The second-order valence-electron chi connectivity index (χ2n) is 7.90. The minimum atomic E-state index is 0.105. The van der Waals surface area contributed by atoms with Gasteiger partial charge in [0.15, 0.2) is 11.5 Å². The van der Waals surface area contributed by atoms with Gasteiger partial charge in [-0.2, -0.15) is 0 Å². The van der Waals surface area contributed by atoms with E-state index in [1.807, 2.05) is 6.07 Å². The van der Waals surface area contributed by atoms with Crippen molar-refractivity contribution in [1.29, 1.82) is 0 Å². The van der Waals surface area contributed by atoms with Crippen molar-refractivity contribution in [2.24, 2.45) is 11.8 Å². The van der Waals surface area contributed by atoms with E-state index in [0.29, 0.717) is 23.3 Å². The quantitative estimate of drug-likeness (QED) is 0.344. The third-order valence-corrected chi connectivity index (χ3v) is 5.91. The minimum absolute atomic E-state index is 0.105. The van der Waals surface area contributed by atoms with Crippen LogP contribution in [0.3, 0.4) is 0 Å². The van der Waals surface area contributed by atoms with Crippen molar-refractivity contribution in [3.63, 3.8) is 0 Å². The van der Waals surface area contributed by atoms with Crippen LogP contribution in [0.25, 0.3) is 0 Å². The molecule has 0 amide bonds. The van der Waals surface area contributed by atoms with Crippen LogP contribution in [-0.4, -0.2) is 19.3 Å². The number of unbranched alkanes of at least 4 members (excludes halogenated alkanes) is 2. The van der Waals surface area contributed by atoms with E-state index >= 15 is 0 Å². The molecule has 0 aromatic heterocycles. The Morgan fingerprint density at radius 3 is 2.04 bits per heavy atom. The fourth-order valence-corrected chi connectivity index (χ4v) is 3.83. The first kappa shape index (κ1) is 24.7. The van der Waals surface area contributed by atoms with Gasteiger partial charge in [0.1, 0.15) is 0 Å². The maximum atomic E-state index is 10.6. The van der Waals surface area contributed by atoms with Gasteiger partial charge >= 0.3 is 0 Å². The van der Waals surface area contributed by atoms with E-state index in [0.717, 1.165) is 30.4 Å². The highest BCUT2D eigenvalue weighted by Gasteiger charge is 2.22. The Kier molecular flexibility index (Phi) is 12.1. The average molecular weight is 391 g/mol. The first-order chi connectivity index (χ1) is 13.6. The Balaban J connectivity index is 3.16. The third-order valence-electron chi connectivity index (χ3n) is 5.91. The molecule has 3 heteroatoms. The van der Waals surface area contributed by atoms with Crippen LogP contribution >= 0.6 is 0 Å². The summed E-state index contributed by atoms with van der Waals surface area (Å²) in [6.07, 6.45) is 15.2.